The number of hydrogen-bond acceptors (Lipinski definition) is 10. The molecule has 4 rings (SSSR count). The molecule has 2 heterocycles. The Morgan fingerprint density at radius 1 is 1.24 bits per heavy atom. The number of nitrogens with zero attached hydrogens (tertiary/aromatic N) is 5. The first-order valence-corrected chi connectivity index (χ1v) is 10.6. The van der Waals surface area contributed by atoms with Gasteiger partial charge in [-0.3, -0.25) is 15.0 Å². The Morgan fingerprint density at radius 2 is 1.97 bits per heavy atom. The summed E-state index contributed by atoms with van der Waals surface area (Å²) in [6, 6.07) is 13.2. The maximum Gasteiger partial charge on any atom is 0.270 e. The van der Waals surface area contributed by atoms with E-state index < -0.39 is 29.0 Å². The van der Waals surface area contributed by atoms with Gasteiger partial charge >= 0.3 is 0 Å². The molecule has 1 aliphatic rings. The van der Waals surface area contributed by atoms with Crippen molar-refractivity contribution in [1.82, 2.24) is 25.5 Å². The number of fused-ring (bicyclic) bond motifs is 1. The summed E-state index contributed by atoms with van der Waals surface area (Å²) in [5, 5.41) is 37.4. The number of methoxy groups -OCH3 is 2. The molecule has 2 aromatic carbocycles. The van der Waals surface area contributed by atoms with Crippen LogP contribution in [0.5, 0.6) is 5.75 Å². The van der Waals surface area contributed by atoms with Gasteiger partial charge in [-0.05, 0) is 18.6 Å². The topological polar surface area (TPSA) is 149 Å². The summed E-state index contributed by atoms with van der Waals surface area (Å²) in [5.41, 5.74) is -0.0147. The number of aromatic nitrogens is 4. The number of benzene rings is 2. The van der Waals surface area contributed by atoms with Crippen molar-refractivity contribution in [1.29, 1.82) is 0 Å². The number of non-ortho nitro benzene ring substituents is 1. The summed E-state index contributed by atoms with van der Waals surface area (Å²) in [5.74, 6) is 0.784. The fraction of sp³-hybridized carbons (Fsp3) is 0.409. The van der Waals surface area contributed by atoms with Crippen LogP contribution < -0.4 is 4.74 Å². The van der Waals surface area contributed by atoms with Crippen molar-refractivity contribution in [2.24, 2.45) is 0 Å². The fourth-order valence-corrected chi connectivity index (χ4v) is 4.40. The number of rotatable bonds is 9. The second-order valence-corrected chi connectivity index (χ2v) is 8.18. The number of nitrogens with one attached hydrogen (secondary N) is 1. The average Bonchev–Trinajstić information content (AvgIpc) is 3.34. The lowest BCUT2D eigenvalue weighted by molar-refractivity contribution is -0.385. The Hall–Kier alpha value is -3.45. The standard InChI is InChI=1S/C22H26N6O6/c1-22(21(32-2)33-3)20(29)19(16-11-15(28(30)31)9-10-17(16)34-22)27(13-18-23-25-26-24-18)12-14-7-5-4-6-8-14/h4-11,19-21,29H,12-13H2,1-3H3,(H,23,24,25,26)/t19-,20+,22+/m1/s1. The van der Waals surface area contributed by atoms with E-state index in [9.17, 15) is 15.2 Å². The molecule has 12 nitrogen and oxygen atoms in total. The van der Waals surface area contributed by atoms with E-state index in [2.05, 4.69) is 20.6 Å². The normalized spacial score (nSPS) is 21.9. The van der Waals surface area contributed by atoms with Crippen LogP contribution >= 0.6 is 0 Å². The molecule has 0 fully saturated rings. The van der Waals surface area contributed by atoms with Gasteiger partial charge in [-0.25, -0.2) is 0 Å². The summed E-state index contributed by atoms with van der Waals surface area (Å²) < 4.78 is 17.1. The van der Waals surface area contributed by atoms with Crippen LogP contribution in [0.2, 0.25) is 0 Å². The minimum absolute atomic E-state index is 0.114. The number of aromatic amines is 1. The first kappa shape index (κ1) is 23.7. The van der Waals surface area contributed by atoms with Gasteiger partial charge in [0.1, 0.15) is 11.9 Å². The van der Waals surface area contributed by atoms with Crippen LogP contribution in [-0.4, -0.2) is 67.8 Å². The van der Waals surface area contributed by atoms with Crippen molar-refractivity contribution < 1.29 is 24.2 Å². The van der Waals surface area contributed by atoms with Crippen LogP contribution in [0, 0.1) is 10.1 Å². The van der Waals surface area contributed by atoms with Crippen LogP contribution in [0.4, 0.5) is 5.69 Å². The van der Waals surface area contributed by atoms with Gasteiger partial charge < -0.3 is 19.3 Å². The molecule has 3 aromatic rings. The van der Waals surface area contributed by atoms with Crippen LogP contribution in [0.1, 0.15) is 29.9 Å². The molecular formula is C22H26N6O6. The van der Waals surface area contributed by atoms with E-state index in [1.54, 1.807) is 6.92 Å². The average molecular weight is 470 g/mol. The lowest BCUT2D eigenvalue weighted by atomic mass is 9.83. The van der Waals surface area contributed by atoms with Crippen molar-refractivity contribution in [3.63, 3.8) is 0 Å². The van der Waals surface area contributed by atoms with E-state index in [4.69, 9.17) is 14.2 Å². The molecule has 34 heavy (non-hydrogen) atoms. The molecular weight excluding hydrogens is 444 g/mol. The van der Waals surface area contributed by atoms with Gasteiger partial charge in [0.05, 0.1) is 17.5 Å². The van der Waals surface area contributed by atoms with Gasteiger partial charge in [-0.1, -0.05) is 35.5 Å². The summed E-state index contributed by atoms with van der Waals surface area (Å²) >= 11 is 0. The Balaban J connectivity index is 1.85. The number of nitro benzene ring substituents is 1. The minimum atomic E-state index is -1.33. The predicted molar refractivity (Wildman–Crippen MR) is 119 cm³/mol. The maximum atomic E-state index is 11.7. The summed E-state index contributed by atoms with van der Waals surface area (Å²) in [7, 11) is 2.91. The number of H-pyrrole nitrogens is 1. The second kappa shape index (κ2) is 9.81. The monoisotopic (exact) mass is 470 g/mol. The second-order valence-electron chi connectivity index (χ2n) is 8.18. The zero-order chi connectivity index (χ0) is 24.3. The third kappa shape index (κ3) is 4.48. The number of aliphatic hydroxyl groups is 1. The van der Waals surface area contributed by atoms with E-state index in [0.29, 0.717) is 23.7 Å². The molecule has 0 bridgehead atoms. The lowest BCUT2D eigenvalue weighted by Gasteiger charge is -2.49. The number of nitro groups is 1. The first-order chi connectivity index (χ1) is 16.4. The molecule has 0 radical (unpaired) electrons. The van der Waals surface area contributed by atoms with Crippen molar-refractivity contribution in [3.05, 3.63) is 75.6 Å². The van der Waals surface area contributed by atoms with Crippen molar-refractivity contribution >= 4 is 5.69 Å². The molecule has 1 aliphatic heterocycles. The summed E-state index contributed by atoms with van der Waals surface area (Å²) in [4.78, 5) is 13.0. The van der Waals surface area contributed by atoms with Crippen LogP contribution in [-0.2, 0) is 22.6 Å². The molecule has 0 saturated carbocycles. The maximum absolute atomic E-state index is 11.7. The summed E-state index contributed by atoms with van der Waals surface area (Å²) in [6.45, 7) is 2.28. The highest BCUT2D eigenvalue weighted by Gasteiger charge is 2.54. The molecule has 0 saturated heterocycles. The lowest BCUT2D eigenvalue weighted by Crippen LogP contribution is -2.62. The van der Waals surface area contributed by atoms with E-state index in [1.165, 1.54) is 32.4 Å². The van der Waals surface area contributed by atoms with E-state index in [-0.39, 0.29) is 12.2 Å². The van der Waals surface area contributed by atoms with Gasteiger partial charge in [-0.15, -0.1) is 10.2 Å². The van der Waals surface area contributed by atoms with Crippen LogP contribution in [0.3, 0.4) is 0 Å². The molecule has 0 aliphatic carbocycles. The molecule has 0 spiro atoms. The fourth-order valence-electron chi connectivity index (χ4n) is 4.40. The zero-order valence-electron chi connectivity index (χ0n) is 19.0. The molecule has 12 heteroatoms. The largest absolute Gasteiger partial charge is 0.479 e. The SMILES string of the molecule is COC(OC)[C@@]1(C)Oc2ccc([N+](=O)[O-])cc2[C@@H](N(Cc2ccccc2)Cc2nn[nH]n2)[C@@H]1O. The number of ether oxygens (including phenoxy) is 3. The van der Waals surface area contributed by atoms with Crippen LogP contribution in [0.15, 0.2) is 48.5 Å². The molecule has 2 N–H and O–H groups in total. The zero-order valence-corrected chi connectivity index (χ0v) is 19.0. The highest BCUT2D eigenvalue weighted by Crippen LogP contribution is 2.46. The highest BCUT2D eigenvalue weighted by atomic mass is 16.7. The molecule has 0 amide bonds. The Labute approximate surface area is 195 Å². The first-order valence-electron chi connectivity index (χ1n) is 10.6. The minimum Gasteiger partial charge on any atom is -0.479 e. The van der Waals surface area contributed by atoms with Gasteiger partial charge in [0.2, 0.25) is 0 Å². The molecule has 3 atom stereocenters. The van der Waals surface area contributed by atoms with Gasteiger partial charge in [0.15, 0.2) is 17.7 Å². The van der Waals surface area contributed by atoms with E-state index >= 15 is 0 Å². The Morgan fingerprint density at radius 3 is 2.59 bits per heavy atom. The number of tetrazole rings is 1. The smallest absolute Gasteiger partial charge is 0.270 e. The molecule has 180 valence electrons. The van der Waals surface area contributed by atoms with E-state index in [1.807, 2.05) is 35.2 Å². The Bertz CT molecular complexity index is 1110. The third-order valence-corrected chi connectivity index (χ3v) is 5.99. The van der Waals surface area contributed by atoms with Crippen LogP contribution in [0.25, 0.3) is 0 Å². The highest BCUT2D eigenvalue weighted by molar-refractivity contribution is 5.48. The summed E-state index contributed by atoms with van der Waals surface area (Å²) in [6.07, 6.45) is -2.13. The Kier molecular flexibility index (Phi) is 6.84. The number of hydrogen-bond donors (Lipinski definition) is 2. The van der Waals surface area contributed by atoms with Crippen molar-refractivity contribution in [2.45, 2.75) is 44.1 Å². The van der Waals surface area contributed by atoms with Crippen molar-refractivity contribution in [3.8, 4) is 5.75 Å². The van der Waals surface area contributed by atoms with Crippen molar-refractivity contribution in [2.75, 3.05) is 14.2 Å². The third-order valence-electron chi connectivity index (χ3n) is 5.99. The molecule has 0 unspecified atom stereocenters. The van der Waals surface area contributed by atoms with E-state index in [0.717, 1.165) is 5.56 Å². The van der Waals surface area contributed by atoms with Gasteiger partial charge in [0, 0.05) is 38.5 Å². The predicted octanol–water partition coefficient (Wildman–Crippen LogP) is 1.98. The molecule has 1 aromatic heterocycles. The van der Waals surface area contributed by atoms with Gasteiger partial charge in [0.25, 0.3) is 5.69 Å². The number of aliphatic hydroxyl groups excluding tert-OH is 1. The van der Waals surface area contributed by atoms with Gasteiger partial charge in [-0.2, -0.15) is 5.21 Å². The quantitative estimate of drug-likeness (QED) is 0.270.